The van der Waals surface area contributed by atoms with Gasteiger partial charge in [-0.25, -0.2) is 0 Å². The summed E-state index contributed by atoms with van der Waals surface area (Å²) in [5.41, 5.74) is 0.00539. The van der Waals surface area contributed by atoms with Crippen LogP contribution >= 0.6 is 0 Å². The van der Waals surface area contributed by atoms with Crippen LogP contribution in [0.25, 0.3) is 0 Å². The van der Waals surface area contributed by atoms with E-state index in [0.717, 1.165) is 5.56 Å². The van der Waals surface area contributed by atoms with Gasteiger partial charge in [-0.3, -0.25) is 9.59 Å². The molecule has 0 bridgehead atoms. The molecule has 0 unspecified atom stereocenters. The molecule has 2 aromatic rings. The first-order valence-corrected chi connectivity index (χ1v) is 10.4. The van der Waals surface area contributed by atoms with E-state index in [2.05, 4.69) is 0 Å². The summed E-state index contributed by atoms with van der Waals surface area (Å²) in [5, 5.41) is 0. The van der Waals surface area contributed by atoms with Gasteiger partial charge in [0.05, 0.1) is 35.0 Å². The van der Waals surface area contributed by atoms with Crippen molar-refractivity contribution in [3.05, 3.63) is 41.5 Å². The first-order valence-electron chi connectivity index (χ1n) is 10.4. The van der Waals surface area contributed by atoms with Crippen LogP contribution in [0.15, 0.2) is 30.3 Å². The van der Waals surface area contributed by atoms with E-state index in [4.69, 9.17) is 33.2 Å². The topological polar surface area (TPSA) is 98.8 Å². The Balaban J connectivity index is 1.71. The number of fused-ring (bicyclic) bond motifs is 1. The Morgan fingerprint density at radius 2 is 1.67 bits per heavy atom. The third-order valence-corrected chi connectivity index (χ3v) is 6.16. The Bertz CT molecular complexity index is 1060. The second-order valence-electron chi connectivity index (χ2n) is 7.86. The molecular formula is C24H26O9. The zero-order chi connectivity index (χ0) is 23.6. The molecule has 2 heterocycles. The smallest absolute Gasteiger partial charge is 0.324 e. The Morgan fingerprint density at radius 3 is 2.36 bits per heavy atom. The van der Waals surface area contributed by atoms with Gasteiger partial charge in [0.1, 0.15) is 0 Å². The fourth-order valence-corrected chi connectivity index (χ4v) is 4.47. The van der Waals surface area contributed by atoms with Gasteiger partial charge in [0, 0.05) is 5.92 Å². The summed E-state index contributed by atoms with van der Waals surface area (Å²) in [7, 11) is 5.89. The van der Waals surface area contributed by atoms with Crippen molar-refractivity contribution < 1.29 is 42.7 Å². The third-order valence-electron chi connectivity index (χ3n) is 6.16. The average molecular weight is 458 g/mol. The molecule has 0 radical (unpaired) electrons. The van der Waals surface area contributed by atoms with Gasteiger partial charge in [-0.1, -0.05) is 6.07 Å². The molecule has 0 spiro atoms. The van der Waals surface area contributed by atoms with Crippen LogP contribution in [0.5, 0.6) is 28.7 Å². The number of ether oxygens (including phenoxy) is 7. The summed E-state index contributed by atoms with van der Waals surface area (Å²) in [6, 6.07) is 8.96. The highest BCUT2D eigenvalue weighted by Gasteiger charge is 2.59. The molecule has 2 aliphatic rings. The maximum atomic E-state index is 13.1. The standard InChI is InChI=1S/C24H26O9/c1-27-17-6-5-14(8-18(17)28-2)7-16-12-31-23(26)24(16,22(25)30-4)11-15-9-19(29-3)21-20(10-15)32-13-33-21/h5-6,8-10,16H,7,11-13H2,1-4H3/t16-,24+/m0/s1. The van der Waals surface area contributed by atoms with Crippen molar-refractivity contribution in [3.63, 3.8) is 0 Å². The number of esters is 2. The van der Waals surface area contributed by atoms with E-state index < -0.39 is 23.3 Å². The molecule has 0 aromatic heterocycles. The van der Waals surface area contributed by atoms with E-state index in [0.29, 0.717) is 40.7 Å². The zero-order valence-corrected chi connectivity index (χ0v) is 19.0. The molecule has 0 amide bonds. The fourth-order valence-electron chi connectivity index (χ4n) is 4.47. The van der Waals surface area contributed by atoms with Gasteiger partial charge < -0.3 is 33.2 Å². The number of rotatable bonds is 8. The van der Waals surface area contributed by atoms with Crippen molar-refractivity contribution in [3.8, 4) is 28.7 Å². The first-order chi connectivity index (χ1) is 16.0. The summed E-state index contributed by atoms with van der Waals surface area (Å²) in [5.74, 6) is 0.867. The summed E-state index contributed by atoms with van der Waals surface area (Å²) >= 11 is 0. The van der Waals surface area contributed by atoms with E-state index in [9.17, 15) is 9.59 Å². The predicted molar refractivity (Wildman–Crippen MR) is 115 cm³/mol. The molecule has 9 nitrogen and oxygen atoms in total. The highest BCUT2D eigenvalue weighted by Crippen LogP contribution is 2.47. The lowest BCUT2D eigenvalue weighted by Crippen LogP contribution is -2.45. The van der Waals surface area contributed by atoms with Crippen LogP contribution in [0, 0.1) is 11.3 Å². The molecule has 2 atom stereocenters. The molecule has 2 aromatic carbocycles. The lowest BCUT2D eigenvalue weighted by Gasteiger charge is -2.28. The summed E-state index contributed by atoms with van der Waals surface area (Å²) in [6.07, 6.45) is 0.451. The van der Waals surface area contributed by atoms with Gasteiger partial charge in [0.25, 0.3) is 0 Å². The molecule has 33 heavy (non-hydrogen) atoms. The van der Waals surface area contributed by atoms with Crippen LogP contribution in [-0.2, 0) is 31.9 Å². The maximum absolute atomic E-state index is 13.1. The molecule has 1 fully saturated rings. The van der Waals surface area contributed by atoms with Gasteiger partial charge in [0.15, 0.2) is 28.4 Å². The second-order valence-corrected chi connectivity index (χ2v) is 7.86. The van der Waals surface area contributed by atoms with Gasteiger partial charge in [0.2, 0.25) is 12.5 Å². The van der Waals surface area contributed by atoms with Gasteiger partial charge in [-0.2, -0.15) is 0 Å². The molecule has 2 aliphatic heterocycles. The van der Waals surface area contributed by atoms with Crippen molar-refractivity contribution in [1.29, 1.82) is 0 Å². The van der Waals surface area contributed by atoms with Gasteiger partial charge in [-0.15, -0.1) is 0 Å². The number of benzene rings is 2. The van der Waals surface area contributed by atoms with Crippen molar-refractivity contribution in [2.75, 3.05) is 41.8 Å². The maximum Gasteiger partial charge on any atom is 0.324 e. The van der Waals surface area contributed by atoms with Crippen LogP contribution in [-0.4, -0.2) is 53.8 Å². The number of carbonyl (C=O) groups is 2. The summed E-state index contributed by atoms with van der Waals surface area (Å²) in [6.45, 7) is 0.158. The Labute approximate surface area is 191 Å². The van der Waals surface area contributed by atoms with E-state index in [1.807, 2.05) is 12.1 Å². The highest BCUT2D eigenvalue weighted by atomic mass is 16.7. The molecular weight excluding hydrogens is 432 g/mol. The quantitative estimate of drug-likeness (QED) is 0.437. The number of cyclic esters (lactones) is 1. The van der Waals surface area contributed by atoms with Crippen molar-refractivity contribution >= 4 is 11.9 Å². The molecule has 0 aliphatic carbocycles. The number of hydrogen-bond acceptors (Lipinski definition) is 9. The largest absolute Gasteiger partial charge is 0.493 e. The lowest BCUT2D eigenvalue weighted by molar-refractivity contribution is -0.164. The fraction of sp³-hybridized carbons (Fsp3) is 0.417. The Kier molecular flexibility index (Phi) is 6.22. The van der Waals surface area contributed by atoms with Crippen LogP contribution < -0.4 is 23.7 Å². The lowest BCUT2D eigenvalue weighted by atomic mass is 9.70. The van der Waals surface area contributed by atoms with E-state index >= 15 is 0 Å². The zero-order valence-electron chi connectivity index (χ0n) is 19.0. The number of carbonyl (C=O) groups excluding carboxylic acids is 2. The number of methoxy groups -OCH3 is 4. The Hall–Kier alpha value is -3.62. The minimum Gasteiger partial charge on any atom is -0.493 e. The van der Waals surface area contributed by atoms with Crippen molar-refractivity contribution in [2.24, 2.45) is 11.3 Å². The highest BCUT2D eigenvalue weighted by molar-refractivity contribution is 6.02. The van der Waals surface area contributed by atoms with E-state index in [1.54, 1.807) is 32.4 Å². The summed E-state index contributed by atoms with van der Waals surface area (Å²) < 4.78 is 37.6. The SMILES string of the molecule is COC(=O)[C@]1(Cc2cc(OC)c3c(c2)OCO3)C(=O)OC[C@@H]1Cc1ccc(OC)c(OC)c1. The van der Waals surface area contributed by atoms with Gasteiger partial charge in [-0.05, 0) is 48.2 Å². The molecule has 176 valence electrons. The predicted octanol–water partition coefficient (Wildman–Crippen LogP) is 2.56. The average Bonchev–Trinajstić information content (AvgIpc) is 3.43. The van der Waals surface area contributed by atoms with Crippen LogP contribution in [0.3, 0.4) is 0 Å². The first kappa shape index (κ1) is 22.6. The monoisotopic (exact) mass is 458 g/mol. The minimum absolute atomic E-state index is 0.0590. The second kappa shape index (κ2) is 9.09. The van der Waals surface area contributed by atoms with Crippen molar-refractivity contribution in [1.82, 2.24) is 0 Å². The van der Waals surface area contributed by atoms with E-state index in [-0.39, 0.29) is 19.8 Å². The molecule has 4 rings (SSSR count). The summed E-state index contributed by atoms with van der Waals surface area (Å²) in [4.78, 5) is 26.2. The van der Waals surface area contributed by atoms with Gasteiger partial charge >= 0.3 is 11.9 Å². The number of hydrogen-bond donors (Lipinski definition) is 0. The van der Waals surface area contributed by atoms with E-state index in [1.165, 1.54) is 14.2 Å². The molecule has 0 N–H and O–H groups in total. The molecule has 9 heteroatoms. The third kappa shape index (κ3) is 3.88. The minimum atomic E-state index is -1.53. The Morgan fingerprint density at radius 1 is 0.939 bits per heavy atom. The van der Waals surface area contributed by atoms with Crippen LogP contribution in [0.1, 0.15) is 11.1 Å². The van der Waals surface area contributed by atoms with Crippen molar-refractivity contribution in [2.45, 2.75) is 12.8 Å². The van der Waals surface area contributed by atoms with Crippen LogP contribution in [0.2, 0.25) is 0 Å². The molecule has 0 saturated carbocycles. The normalized spacial score (nSPS) is 20.8. The molecule has 1 saturated heterocycles. The van der Waals surface area contributed by atoms with Crippen LogP contribution in [0.4, 0.5) is 0 Å².